The summed E-state index contributed by atoms with van der Waals surface area (Å²) >= 11 is 1.38. The number of fused-ring (bicyclic) bond motifs is 1. The van der Waals surface area contributed by atoms with Gasteiger partial charge in [0, 0.05) is 12.2 Å². The maximum Gasteiger partial charge on any atom is 0.262 e. The number of carbonyl (C=O) groups excluding carboxylic acids is 1. The average molecular weight is 353 g/mol. The molecule has 128 valence electrons. The van der Waals surface area contributed by atoms with Gasteiger partial charge in [0.2, 0.25) is 5.91 Å². The van der Waals surface area contributed by atoms with E-state index in [2.05, 4.69) is 4.98 Å². The van der Waals surface area contributed by atoms with E-state index in [1.807, 2.05) is 55.5 Å². The van der Waals surface area contributed by atoms with Crippen molar-refractivity contribution in [3.8, 4) is 0 Å². The number of benzene rings is 2. The predicted molar refractivity (Wildman–Crippen MR) is 101 cm³/mol. The van der Waals surface area contributed by atoms with Crippen LogP contribution in [-0.4, -0.2) is 21.2 Å². The van der Waals surface area contributed by atoms with Crippen LogP contribution in [0, 0.1) is 0 Å². The van der Waals surface area contributed by atoms with Gasteiger partial charge in [-0.15, -0.1) is 0 Å². The molecule has 0 saturated carbocycles. The van der Waals surface area contributed by atoms with Crippen molar-refractivity contribution >= 4 is 28.6 Å². The van der Waals surface area contributed by atoms with Crippen molar-refractivity contribution in [1.82, 2.24) is 9.55 Å². The summed E-state index contributed by atoms with van der Waals surface area (Å²) in [5.41, 5.74) is 6.83. The molecule has 1 atom stereocenters. The molecule has 6 heteroatoms. The third kappa shape index (κ3) is 3.74. The fourth-order valence-electron chi connectivity index (χ4n) is 2.69. The van der Waals surface area contributed by atoms with E-state index in [0.717, 1.165) is 5.56 Å². The summed E-state index contributed by atoms with van der Waals surface area (Å²) in [4.78, 5) is 28.8. The summed E-state index contributed by atoms with van der Waals surface area (Å²) in [7, 11) is 0. The predicted octanol–water partition coefficient (Wildman–Crippen LogP) is 2.97. The Balaban J connectivity index is 2.11. The van der Waals surface area contributed by atoms with Crippen LogP contribution in [0.3, 0.4) is 0 Å². The molecule has 0 aliphatic carbocycles. The lowest BCUT2D eigenvalue weighted by molar-refractivity contribution is -0.117. The Labute approximate surface area is 149 Å². The van der Waals surface area contributed by atoms with Crippen molar-refractivity contribution < 1.29 is 4.79 Å². The second-order valence-corrected chi connectivity index (χ2v) is 6.80. The van der Waals surface area contributed by atoms with Crippen LogP contribution in [-0.2, 0) is 4.79 Å². The standard InChI is InChI=1S/C19H19N3O2S/c1-13(14-7-3-2-4-8-14)22-18(24)15-9-5-6-10-16(15)21-19(22)25-12-11-17(20)23/h2-10,13H,11-12H2,1H3,(H2,20,23)/t13-/m1/s1. The smallest absolute Gasteiger partial charge is 0.262 e. The van der Waals surface area contributed by atoms with Gasteiger partial charge in [0.15, 0.2) is 5.16 Å². The summed E-state index contributed by atoms with van der Waals surface area (Å²) < 4.78 is 1.70. The third-order valence-corrected chi connectivity index (χ3v) is 4.98. The van der Waals surface area contributed by atoms with E-state index >= 15 is 0 Å². The highest BCUT2D eigenvalue weighted by Crippen LogP contribution is 2.25. The molecule has 1 aromatic heterocycles. The molecule has 0 aliphatic rings. The maximum absolute atomic E-state index is 13.1. The molecule has 0 fully saturated rings. The minimum absolute atomic E-state index is 0.0801. The number of hydrogen-bond acceptors (Lipinski definition) is 4. The fraction of sp³-hybridized carbons (Fsp3) is 0.211. The van der Waals surface area contributed by atoms with Crippen molar-refractivity contribution in [2.24, 2.45) is 5.73 Å². The van der Waals surface area contributed by atoms with Gasteiger partial charge in [-0.25, -0.2) is 4.98 Å². The molecule has 0 spiro atoms. The molecule has 5 nitrogen and oxygen atoms in total. The second kappa shape index (κ2) is 7.53. The first-order valence-corrected chi connectivity index (χ1v) is 9.04. The first-order valence-electron chi connectivity index (χ1n) is 8.05. The molecule has 0 saturated heterocycles. The third-order valence-electron chi connectivity index (χ3n) is 4.02. The number of aromatic nitrogens is 2. The number of hydrogen-bond donors (Lipinski definition) is 1. The van der Waals surface area contributed by atoms with Crippen molar-refractivity contribution in [1.29, 1.82) is 0 Å². The topological polar surface area (TPSA) is 78.0 Å². The molecule has 0 radical (unpaired) electrons. The molecule has 1 heterocycles. The van der Waals surface area contributed by atoms with E-state index in [1.54, 1.807) is 10.6 Å². The zero-order valence-electron chi connectivity index (χ0n) is 13.9. The lowest BCUT2D eigenvalue weighted by atomic mass is 10.1. The Kier molecular flexibility index (Phi) is 5.19. The largest absolute Gasteiger partial charge is 0.370 e. The average Bonchev–Trinajstić information content (AvgIpc) is 2.62. The molecule has 3 aromatic rings. The zero-order chi connectivity index (χ0) is 17.8. The molecule has 3 rings (SSSR count). The van der Waals surface area contributed by atoms with E-state index in [4.69, 9.17) is 5.73 Å². The van der Waals surface area contributed by atoms with E-state index in [9.17, 15) is 9.59 Å². The quantitative estimate of drug-likeness (QED) is 0.546. The van der Waals surface area contributed by atoms with Gasteiger partial charge in [-0.3, -0.25) is 14.2 Å². The molecule has 25 heavy (non-hydrogen) atoms. The van der Waals surface area contributed by atoms with Crippen LogP contribution in [0.25, 0.3) is 10.9 Å². The summed E-state index contributed by atoms with van der Waals surface area (Å²) in [5, 5.41) is 1.19. The number of amides is 1. The number of carbonyl (C=O) groups is 1. The number of thioether (sulfide) groups is 1. The van der Waals surface area contributed by atoms with Crippen LogP contribution < -0.4 is 11.3 Å². The van der Waals surface area contributed by atoms with E-state index in [1.165, 1.54) is 11.8 Å². The fourth-order valence-corrected chi connectivity index (χ4v) is 3.72. The zero-order valence-corrected chi connectivity index (χ0v) is 14.7. The number of nitrogens with zero attached hydrogens (tertiary/aromatic N) is 2. The molecule has 2 N–H and O–H groups in total. The van der Waals surface area contributed by atoms with Gasteiger partial charge in [-0.1, -0.05) is 54.2 Å². The number of para-hydroxylation sites is 1. The van der Waals surface area contributed by atoms with Crippen LogP contribution >= 0.6 is 11.8 Å². The highest BCUT2D eigenvalue weighted by Gasteiger charge is 2.17. The van der Waals surface area contributed by atoms with Crippen molar-refractivity contribution in [2.75, 3.05) is 5.75 Å². The van der Waals surface area contributed by atoms with Crippen LogP contribution in [0.15, 0.2) is 64.5 Å². The molecule has 0 unspecified atom stereocenters. The van der Waals surface area contributed by atoms with E-state index in [-0.39, 0.29) is 23.9 Å². The number of primary amides is 1. The molecular formula is C19H19N3O2S. The monoisotopic (exact) mass is 353 g/mol. The summed E-state index contributed by atoms with van der Waals surface area (Å²) in [6, 6.07) is 17.0. The molecular weight excluding hydrogens is 334 g/mol. The minimum Gasteiger partial charge on any atom is -0.370 e. The van der Waals surface area contributed by atoms with Crippen molar-refractivity contribution in [3.05, 3.63) is 70.5 Å². The Bertz CT molecular complexity index is 954. The van der Waals surface area contributed by atoms with Crippen LogP contribution in [0.4, 0.5) is 0 Å². The maximum atomic E-state index is 13.1. The van der Waals surface area contributed by atoms with Gasteiger partial charge in [0.05, 0.1) is 16.9 Å². The number of nitrogens with two attached hydrogens (primary N) is 1. The van der Waals surface area contributed by atoms with Crippen LogP contribution in [0.5, 0.6) is 0 Å². The normalized spacial score (nSPS) is 12.2. The highest BCUT2D eigenvalue weighted by atomic mass is 32.2. The van der Waals surface area contributed by atoms with Gasteiger partial charge < -0.3 is 5.73 Å². The van der Waals surface area contributed by atoms with Gasteiger partial charge in [0.1, 0.15) is 0 Å². The van der Waals surface area contributed by atoms with Gasteiger partial charge >= 0.3 is 0 Å². The molecule has 0 aliphatic heterocycles. The first-order chi connectivity index (χ1) is 12.1. The summed E-state index contributed by atoms with van der Waals surface area (Å²) in [5.74, 6) is 0.125. The van der Waals surface area contributed by atoms with Crippen LogP contribution in [0.2, 0.25) is 0 Å². The Morgan fingerprint density at radius 3 is 2.56 bits per heavy atom. The lowest BCUT2D eigenvalue weighted by Crippen LogP contribution is -2.27. The number of rotatable bonds is 6. The van der Waals surface area contributed by atoms with Crippen molar-refractivity contribution in [3.63, 3.8) is 0 Å². The van der Waals surface area contributed by atoms with E-state index < -0.39 is 0 Å². The van der Waals surface area contributed by atoms with Crippen molar-refractivity contribution in [2.45, 2.75) is 24.5 Å². The molecule has 0 bridgehead atoms. The molecule has 1 amide bonds. The van der Waals surface area contributed by atoms with Crippen LogP contribution in [0.1, 0.15) is 24.9 Å². The first kappa shape index (κ1) is 17.2. The minimum atomic E-state index is -0.363. The summed E-state index contributed by atoms with van der Waals surface area (Å²) in [6.45, 7) is 1.98. The second-order valence-electron chi connectivity index (χ2n) is 5.74. The van der Waals surface area contributed by atoms with Gasteiger partial charge in [-0.2, -0.15) is 0 Å². The Morgan fingerprint density at radius 2 is 1.84 bits per heavy atom. The highest BCUT2D eigenvalue weighted by molar-refractivity contribution is 7.99. The lowest BCUT2D eigenvalue weighted by Gasteiger charge is -2.19. The van der Waals surface area contributed by atoms with Gasteiger partial charge in [0.25, 0.3) is 5.56 Å². The summed E-state index contributed by atoms with van der Waals surface area (Å²) in [6.07, 6.45) is 0.243. The SMILES string of the molecule is C[C@H](c1ccccc1)n1c(SCCC(N)=O)nc2ccccc2c1=O. The Morgan fingerprint density at radius 1 is 1.16 bits per heavy atom. The Hall–Kier alpha value is -2.60. The van der Waals surface area contributed by atoms with E-state index in [0.29, 0.717) is 21.8 Å². The van der Waals surface area contributed by atoms with Gasteiger partial charge in [-0.05, 0) is 24.6 Å². The molecule has 2 aromatic carbocycles.